The molecule has 3 rings (SSSR count). The van der Waals surface area contributed by atoms with E-state index in [1.165, 1.54) is 0 Å². The van der Waals surface area contributed by atoms with Crippen molar-refractivity contribution in [2.75, 3.05) is 24.2 Å². The third-order valence-corrected chi connectivity index (χ3v) is 4.63. The van der Waals surface area contributed by atoms with Crippen molar-refractivity contribution in [1.82, 2.24) is 4.90 Å². The highest BCUT2D eigenvalue weighted by Gasteiger charge is 2.31. The van der Waals surface area contributed by atoms with Crippen molar-refractivity contribution in [3.8, 4) is 0 Å². The molecule has 1 fully saturated rings. The van der Waals surface area contributed by atoms with Crippen LogP contribution in [0.3, 0.4) is 0 Å². The predicted octanol–water partition coefficient (Wildman–Crippen LogP) is 2.74. The van der Waals surface area contributed by atoms with Crippen LogP contribution < -0.4 is 5.32 Å². The quantitative estimate of drug-likeness (QED) is 0.930. The molecule has 106 valence electrons. The molecule has 1 saturated heterocycles. The average Bonchev–Trinajstić information content (AvgIpc) is 3.00. The molecule has 0 aliphatic carbocycles. The number of carbonyl (C=O) groups excluding carboxylic acids is 1. The van der Waals surface area contributed by atoms with Gasteiger partial charge < -0.3 is 10.2 Å². The number of anilines is 1. The third-order valence-electron chi connectivity index (χ3n) is 3.62. The number of para-hydroxylation sites is 1. The van der Waals surface area contributed by atoms with Gasteiger partial charge in [0.05, 0.1) is 6.04 Å². The summed E-state index contributed by atoms with van der Waals surface area (Å²) in [5.74, 6) is 1.17. The molecule has 0 bridgehead atoms. The van der Waals surface area contributed by atoms with E-state index in [1.54, 1.807) is 0 Å². The first-order valence-electron chi connectivity index (χ1n) is 7.00. The van der Waals surface area contributed by atoms with E-state index in [0.29, 0.717) is 0 Å². The lowest BCUT2D eigenvalue weighted by molar-refractivity contribution is -0.118. The minimum atomic E-state index is -0.0170. The van der Waals surface area contributed by atoms with Gasteiger partial charge in [-0.1, -0.05) is 43.8 Å². The van der Waals surface area contributed by atoms with Gasteiger partial charge >= 0.3 is 0 Å². The van der Waals surface area contributed by atoms with Crippen molar-refractivity contribution in [1.29, 1.82) is 0 Å². The SMILES string of the molecule is CC(C)C(=O)Nc1ccccc1C1CN2CCSC2=N1. The van der Waals surface area contributed by atoms with Crippen LogP contribution in [-0.2, 0) is 4.79 Å². The van der Waals surface area contributed by atoms with Crippen molar-refractivity contribution < 1.29 is 4.79 Å². The molecule has 1 amide bonds. The van der Waals surface area contributed by atoms with Crippen LogP contribution >= 0.6 is 11.8 Å². The number of aliphatic imine (C=N–C) groups is 1. The van der Waals surface area contributed by atoms with Crippen LogP contribution in [0.4, 0.5) is 5.69 Å². The summed E-state index contributed by atoms with van der Waals surface area (Å²) in [4.78, 5) is 19.0. The zero-order chi connectivity index (χ0) is 14.1. The molecule has 0 radical (unpaired) electrons. The Bertz CT molecular complexity index is 556. The van der Waals surface area contributed by atoms with Gasteiger partial charge in [-0.15, -0.1) is 0 Å². The molecule has 1 unspecified atom stereocenters. The largest absolute Gasteiger partial charge is 0.348 e. The smallest absolute Gasteiger partial charge is 0.226 e. The van der Waals surface area contributed by atoms with Crippen LogP contribution in [0.2, 0.25) is 0 Å². The first-order valence-corrected chi connectivity index (χ1v) is 7.99. The number of benzene rings is 1. The molecule has 1 N–H and O–H groups in total. The monoisotopic (exact) mass is 289 g/mol. The maximum Gasteiger partial charge on any atom is 0.226 e. The Kier molecular flexibility index (Phi) is 3.70. The first-order chi connectivity index (χ1) is 9.65. The molecule has 20 heavy (non-hydrogen) atoms. The Morgan fingerprint density at radius 3 is 3.00 bits per heavy atom. The summed E-state index contributed by atoms with van der Waals surface area (Å²) >= 11 is 1.82. The summed E-state index contributed by atoms with van der Waals surface area (Å²) in [5.41, 5.74) is 2.01. The minimum Gasteiger partial charge on any atom is -0.348 e. The normalized spacial score (nSPS) is 21.1. The van der Waals surface area contributed by atoms with E-state index in [1.807, 2.05) is 43.8 Å². The molecule has 4 nitrogen and oxygen atoms in total. The van der Waals surface area contributed by atoms with Crippen LogP contribution in [0.1, 0.15) is 25.5 Å². The number of hydrogen-bond acceptors (Lipinski definition) is 4. The third kappa shape index (κ3) is 2.54. The van der Waals surface area contributed by atoms with E-state index in [-0.39, 0.29) is 17.9 Å². The molecule has 2 heterocycles. The van der Waals surface area contributed by atoms with E-state index in [4.69, 9.17) is 4.99 Å². The number of amides is 1. The predicted molar refractivity (Wildman–Crippen MR) is 84.1 cm³/mol. The van der Waals surface area contributed by atoms with E-state index in [9.17, 15) is 4.79 Å². The molecular weight excluding hydrogens is 270 g/mol. The maximum absolute atomic E-state index is 11.9. The van der Waals surface area contributed by atoms with Gasteiger partial charge in [0.15, 0.2) is 5.17 Å². The lowest BCUT2D eigenvalue weighted by atomic mass is 10.0. The van der Waals surface area contributed by atoms with Crippen molar-refractivity contribution in [2.24, 2.45) is 10.9 Å². The van der Waals surface area contributed by atoms with Crippen molar-refractivity contribution >= 4 is 28.5 Å². The molecule has 5 heteroatoms. The zero-order valence-electron chi connectivity index (χ0n) is 11.8. The van der Waals surface area contributed by atoms with Crippen molar-refractivity contribution in [3.05, 3.63) is 29.8 Å². The molecule has 1 atom stereocenters. The highest BCUT2D eigenvalue weighted by atomic mass is 32.2. The van der Waals surface area contributed by atoms with Gasteiger partial charge in [0.2, 0.25) is 5.91 Å². The Morgan fingerprint density at radius 1 is 1.45 bits per heavy atom. The fraction of sp³-hybridized carbons (Fsp3) is 0.467. The lowest BCUT2D eigenvalue weighted by Crippen LogP contribution is -2.23. The second-order valence-electron chi connectivity index (χ2n) is 5.45. The number of thioether (sulfide) groups is 1. The summed E-state index contributed by atoms with van der Waals surface area (Å²) in [6.45, 7) is 5.82. The zero-order valence-corrected chi connectivity index (χ0v) is 12.6. The second-order valence-corrected chi connectivity index (χ2v) is 6.52. The van der Waals surface area contributed by atoms with Gasteiger partial charge in [0.25, 0.3) is 0 Å². The summed E-state index contributed by atoms with van der Waals surface area (Å²) in [7, 11) is 0. The number of hydrogen-bond donors (Lipinski definition) is 1. The van der Waals surface area contributed by atoms with Gasteiger partial charge in [0, 0.05) is 36.0 Å². The van der Waals surface area contributed by atoms with E-state index in [0.717, 1.165) is 35.3 Å². The van der Waals surface area contributed by atoms with Gasteiger partial charge in [0.1, 0.15) is 0 Å². The van der Waals surface area contributed by atoms with Gasteiger partial charge in [-0.05, 0) is 6.07 Å². The number of amidine groups is 1. The number of nitrogens with zero attached hydrogens (tertiary/aromatic N) is 2. The fourth-order valence-corrected chi connectivity index (χ4v) is 3.50. The first kappa shape index (κ1) is 13.5. The van der Waals surface area contributed by atoms with Gasteiger partial charge in [-0.25, -0.2) is 0 Å². The average molecular weight is 289 g/mol. The standard InChI is InChI=1S/C15H19N3OS/c1-10(2)14(19)16-12-6-4-3-5-11(12)13-9-18-7-8-20-15(18)17-13/h3-6,10,13H,7-9H2,1-2H3,(H,16,19). The van der Waals surface area contributed by atoms with Crippen LogP contribution in [0.25, 0.3) is 0 Å². The van der Waals surface area contributed by atoms with Crippen LogP contribution in [0.15, 0.2) is 29.3 Å². The van der Waals surface area contributed by atoms with E-state index in [2.05, 4.69) is 16.3 Å². The lowest BCUT2D eigenvalue weighted by Gasteiger charge is -2.17. The highest BCUT2D eigenvalue weighted by Crippen LogP contribution is 2.35. The Hall–Kier alpha value is -1.49. The second kappa shape index (κ2) is 5.48. The summed E-state index contributed by atoms with van der Waals surface area (Å²) < 4.78 is 0. The van der Waals surface area contributed by atoms with E-state index < -0.39 is 0 Å². The maximum atomic E-state index is 11.9. The van der Waals surface area contributed by atoms with Crippen molar-refractivity contribution in [3.63, 3.8) is 0 Å². The molecule has 1 aromatic carbocycles. The minimum absolute atomic E-state index is 0.0170. The number of carbonyl (C=O) groups is 1. The Labute approximate surface area is 123 Å². The van der Waals surface area contributed by atoms with Crippen LogP contribution in [0.5, 0.6) is 0 Å². The molecule has 0 saturated carbocycles. The number of rotatable bonds is 3. The van der Waals surface area contributed by atoms with Crippen LogP contribution in [0, 0.1) is 5.92 Å². The molecule has 2 aliphatic heterocycles. The Balaban J connectivity index is 1.83. The van der Waals surface area contributed by atoms with Crippen LogP contribution in [-0.4, -0.2) is 34.8 Å². The fourth-order valence-electron chi connectivity index (χ4n) is 2.45. The Morgan fingerprint density at radius 2 is 2.25 bits per heavy atom. The molecule has 0 spiro atoms. The topological polar surface area (TPSA) is 44.7 Å². The van der Waals surface area contributed by atoms with Gasteiger partial charge in [-0.2, -0.15) is 0 Å². The molecule has 2 aliphatic rings. The number of nitrogens with one attached hydrogen (secondary N) is 1. The molecule has 1 aromatic rings. The number of fused-ring (bicyclic) bond motifs is 1. The summed E-state index contributed by atoms with van der Waals surface area (Å²) in [6.07, 6.45) is 0. The van der Waals surface area contributed by atoms with Crippen molar-refractivity contribution in [2.45, 2.75) is 19.9 Å². The summed E-state index contributed by atoms with van der Waals surface area (Å²) in [6, 6.07) is 8.14. The highest BCUT2D eigenvalue weighted by molar-refractivity contribution is 8.14. The molecule has 0 aromatic heterocycles. The molecular formula is C15H19N3OS. The van der Waals surface area contributed by atoms with E-state index >= 15 is 0 Å². The summed E-state index contributed by atoms with van der Waals surface area (Å²) in [5, 5.41) is 4.17. The van der Waals surface area contributed by atoms with Gasteiger partial charge in [-0.3, -0.25) is 9.79 Å².